The Morgan fingerprint density at radius 2 is 1.30 bits per heavy atom. The fraction of sp³-hybridized carbons (Fsp3) is 0. The zero-order valence-corrected chi connectivity index (χ0v) is 13.5. The van der Waals surface area contributed by atoms with Crippen LogP contribution in [0.4, 0.5) is 0 Å². The molecule has 0 aliphatic rings. The van der Waals surface area contributed by atoms with Crippen LogP contribution in [0, 0.1) is 0 Å². The fourth-order valence-electron chi connectivity index (χ4n) is 2.35. The summed E-state index contributed by atoms with van der Waals surface area (Å²) in [7, 11) is 0. The van der Waals surface area contributed by atoms with Crippen LogP contribution in [0.15, 0.2) is 49.1 Å². The van der Waals surface area contributed by atoms with Crippen LogP contribution < -0.4 is 9.18 Å². The van der Waals surface area contributed by atoms with E-state index in [1.165, 1.54) is 0 Å². The summed E-state index contributed by atoms with van der Waals surface area (Å²) in [6, 6.07) is 7.06. The molecule has 6 nitrogen and oxygen atoms in total. The Bertz CT molecular complexity index is 967. The SMILES string of the molecule is O=Cc1ccn2c([Se]c3cnc4cc(C=O)ccn34)cnc2c1. The molecule has 7 heteroatoms. The van der Waals surface area contributed by atoms with Crippen molar-refractivity contribution in [3.8, 4) is 0 Å². The zero-order valence-electron chi connectivity index (χ0n) is 11.8. The standard InChI is InChI=1S/C16H10N4O2Se/c21-9-11-1-3-19-13(5-11)17-7-15(19)23-16-8-18-14-6-12(10-22)2-4-20(14)16/h1-10H. The Kier molecular flexibility index (Phi) is 3.29. The van der Waals surface area contributed by atoms with Gasteiger partial charge >= 0.3 is 137 Å². The van der Waals surface area contributed by atoms with Crippen molar-refractivity contribution in [3.05, 3.63) is 60.2 Å². The number of imidazole rings is 2. The molecule has 23 heavy (non-hydrogen) atoms. The van der Waals surface area contributed by atoms with Crippen molar-refractivity contribution in [3.63, 3.8) is 0 Å². The molecule has 0 aromatic carbocycles. The summed E-state index contributed by atoms with van der Waals surface area (Å²) in [5, 5.41) is 0. The summed E-state index contributed by atoms with van der Waals surface area (Å²) < 4.78 is 6.08. The summed E-state index contributed by atoms with van der Waals surface area (Å²) in [4.78, 5) is 30.4. The van der Waals surface area contributed by atoms with E-state index in [1.54, 1.807) is 24.3 Å². The van der Waals surface area contributed by atoms with E-state index in [4.69, 9.17) is 0 Å². The molecule has 4 rings (SSSR count). The molecule has 4 heterocycles. The van der Waals surface area contributed by atoms with E-state index in [9.17, 15) is 9.59 Å². The number of hydrogen-bond donors (Lipinski definition) is 0. The molecule has 4 aromatic rings. The summed E-state index contributed by atoms with van der Waals surface area (Å²) in [5.74, 6) is 0. The molecule has 0 saturated carbocycles. The molecular weight excluding hydrogens is 359 g/mol. The molecule has 0 bridgehead atoms. The van der Waals surface area contributed by atoms with Gasteiger partial charge < -0.3 is 0 Å². The predicted molar refractivity (Wildman–Crippen MR) is 86.2 cm³/mol. The summed E-state index contributed by atoms with van der Waals surface area (Å²) >= 11 is -0.00970. The van der Waals surface area contributed by atoms with Gasteiger partial charge in [0.25, 0.3) is 0 Å². The van der Waals surface area contributed by atoms with E-state index >= 15 is 0 Å². The number of aldehydes is 2. The second-order valence-corrected chi connectivity index (χ2v) is 7.09. The van der Waals surface area contributed by atoms with Crippen molar-refractivity contribution in [1.29, 1.82) is 0 Å². The van der Waals surface area contributed by atoms with Gasteiger partial charge in [-0.25, -0.2) is 0 Å². The number of rotatable bonds is 4. The molecule has 4 aromatic heterocycles. The average molecular weight is 369 g/mol. The summed E-state index contributed by atoms with van der Waals surface area (Å²) in [6.45, 7) is 0. The molecule has 0 aliphatic heterocycles. The number of carbonyl (C=O) groups is 2. The van der Waals surface area contributed by atoms with Crippen molar-refractivity contribution in [2.45, 2.75) is 0 Å². The van der Waals surface area contributed by atoms with E-state index in [1.807, 2.05) is 33.6 Å². The second-order valence-electron chi connectivity index (χ2n) is 4.91. The number of pyridine rings is 2. The number of hydrogen-bond acceptors (Lipinski definition) is 4. The van der Waals surface area contributed by atoms with Crippen LogP contribution >= 0.6 is 0 Å². The van der Waals surface area contributed by atoms with Crippen LogP contribution in [0.5, 0.6) is 0 Å². The Labute approximate surface area is 136 Å². The van der Waals surface area contributed by atoms with Crippen molar-refractivity contribution < 1.29 is 9.59 Å². The van der Waals surface area contributed by atoms with E-state index in [0.717, 1.165) is 33.1 Å². The van der Waals surface area contributed by atoms with Gasteiger partial charge in [0.05, 0.1) is 0 Å². The zero-order chi connectivity index (χ0) is 15.8. The molecule has 0 saturated heterocycles. The number of nitrogens with zero attached hydrogens (tertiary/aromatic N) is 4. The predicted octanol–water partition coefficient (Wildman–Crippen LogP) is 0.262. The molecule has 0 spiro atoms. The molecule has 0 amide bonds. The van der Waals surface area contributed by atoms with Crippen LogP contribution in [0.2, 0.25) is 0 Å². The molecule has 0 fully saturated rings. The first-order valence-electron chi connectivity index (χ1n) is 6.81. The summed E-state index contributed by atoms with van der Waals surface area (Å²) in [5.41, 5.74) is 2.73. The van der Waals surface area contributed by atoms with E-state index in [-0.39, 0.29) is 15.0 Å². The van der Waals surface area contributed by atoms with Gasteiger partial charge in [0.1, 0.15) is 0 Å². The van der Waals surface area contributed by atoms with Crippen molar-refractivity contribution in [2.75, 3.05) is 0 Å². The maximum atomic E-state index is 10.8. The minimum atomic E-state index is -0.00970. The van der Waals surface area contributed by atoms with Crippen LogP contribution in [0.3, 0.4) is 0 Å². The summed E-state index contributed by atoms with van der Waals surface area (Å²) in [6.07, 6.45) is 8.99. The molecule has 112 valence electrons. The van der Waals surface area contributed by atoms with Crippen LogP contribution in [0.1, 0.15) is 20.7 Å². The first kappa shape index (κ1) is 13.9. The van der Waals surface area contributed by atoms with Crippen LogP contribution in [0.25, 0.3) is 11.3 Å². The second kappa shape index (κ2) is 5.46. The van der Waals surface area contributed by atoms with Gasteiger partial charge in [-0.05, 0) is 0 Å². The number of aromatic nitrogens is 4. The van der Waals surface area contributed by atoms with Crippen LogP contribution in [-0.4, -0.2) is 46.3 Å². The van der Waals surface area contributed by atoms with Gasteiger partial charge in [-0.3, -0.25) is 0 Å². The number of fused-ring (bicyclic) bond motifs is 2. The Hall–Kier alpha value is -2.76. The molecule has 0 aliphatic carbocycles. The van der Waals surface area contributed by atoms with Crippen LogP contribution in [-0.2, 0) is 0 Å². The molecule has 0 unspecified atom stereocenters. The van der Waals surface area contributed by atoms with Gasteiger partial charge in [0.2, 0.25) is 0 Å². The van der Waals surface area contributed by atoms with E-state index in [0.29, 0.717) is 11.1 Å². The third-order valence-corrected chi connectivity index (χ3v) is 5.63. The maximum absolute atomic E-state index is 10.8. The monoisotopic (exact) mass is 370 g/mol. The van der Waals surface area contributed by atoms with Crippen molar-refractivity contribution >= 4 is 48.0 Å². The molecule has 0 N–H and O–H groups in total. The Balaban J connectivity index is 1.76. The number of carbonyl (C=O) groups excluding carboxylic acids is 2. The Morgan fingerprint density at radius 3 is 1.74 bits per heavy atom. The van der Waals surface area contributed by atoms with Gasteiger partial charge in [0.15, 0.2) is 0 Å². The third-order valence-electron chi connectivity index (χ3n) is 3.49. The molecule has 0 radical (unpaired) electrons. The van der Waals surface area contributed by atoms with E-state index < -0.39 is 0 Å². The van der Waals surface area contributed by atoms with E-state index in [2.05, 4.69) is 9.97 Å². The van der Waals surface area contributed by atoms with Crippen molar-refractivity contribution in [2.24, 2.45) is 0 Å². The van der Waals surface area contributed by atoms with Gasteiger partial charge in [-0.2, -0.15) is 0 Å². The third kappa shape index (κ3) is 2.36. The fourth-order valence-corrected chi connectivity index (χ4v) is 4.30. The van der Waals surface area contributed by atoms with Gasteiger partial charge in [-0.1, -0.05) is 0 Å². The first-order valence-corrected chi connectivity index (χ1v) is 8.52. The first-order chi connectivity index (χ1) is 11.3. The van der Waals surface area contributed by atoms with Gasteiger partial charge in [-0.15, -0.1) is 0 Å². The quantitative estimate of drug-likeness (QED) is 0.382. The topological polar surface area (TPSA) is 68.7 Å². The molecule has 0 atom stereocenters. The normalized spacial score (nSPS) is 11.1. The molecular formula is C16H10N4O2Se. The van der Waals surface area contributed by atoms with Crippen molar-refractivity contribution in [1.82, 2.24) is 18.8 Å². The average Bonchev–Trinajstić information content (AvgIpc) is 3.18. The Morgan fingerprint density at radius 1 is 0.826 bits per heavy atom. The minimum absolute atomic E-state index is 0.00970. The van der Waals surface area contributed by atoms with Gasteiger partial charge in [0, 0.05) is 0 Å².